The fourth-order valence-electron chi connectivity index (χ4n) is 3.49. The molecule has 1 N–H and O–H groups in total. The molecule has 162 valence electrons. The van der Waals surface area contributed by atoms with Gasteiger partial charge in [-0.3, -0.25) is 4.79 Å². The Labute approximate surface area is 177 Å². The predicted molar refractivity (Wildman–Crippen MR) is 114 cm³/mol. The van der Waals surface area contributed by atoms with E-state index in [0.717, 1.165) is 24.3 Å². The Morgan fingerprint density at radius 3 is 2.57 bits per heavy atom. The largest absolute Gasteiger partial charge is 0.489 e. The zero-order valence-electron chi connectivity index (χ0n) is 18.2. The molecule has 2 atom stereocenters. The van der Waals surface area contributed by atoms with E-state index in [2.05, 4.69) is 20.2 Å². The molecule has 1 saturated heterocycles. The van der Waals surface area contributed by atoms with Gasteiger partial charge in [0.2, 0.25) is 11.7 Å². The highest BCUT2D eigenvalue weighted by Crippen LogP contribution is 2.36. The van der Waals surface area contributed by atoms with Crippen LogP contribution in [-0.2, 0) is 4.79 Å². The second-order valence-corrected chi connectivity index (χ2v) is 7.67. The van der Waals surface area contributed by atoms with Crippen molar-refractivity contribution >= 4 is 11.7 Å². The van der Waals surface area contributed by atoms with E-state index < -0.39 is 0 Å². The molecule has 8 nitrogen and oxygen atoms in total. The molecule has 1 fully saturated rings. The van der Waals surface area contributed by atoms with E-state index in [-0.39, 0.29) is 24.2 Å². The maximum absolute atomic E-state index is 11.2. The van der Waals surface area contributed by atoms with Gasteiger partial charge in [-0.1, -0.05) is 12.1 Å². The number of carbonyl (C=O) groups excluding carboxylic acids is 1. The fourth-order valence-corrected chi connectivity index (χ4v) is 3.49. The Bertz CT molecular complexity index is 857. The summed E-state index contributed by atoms with van der Waals surface area (Å²) in [4.78, 5) is 22.0. The molecular weight excluding hydrogens is 384 g/mol. The van der Waals surface area contributed by atoms with Crippen molar-refractivity contribution in [2.45, 2.75) is 52.4 Å². The Balaban J connectivity index is 1.64. The van der Waals surface area contributed by atoms with Crippen LogP contribution in [0.25, 0.3) is 0 Å². The lowest BCUT2D eigenvalue weighted by atomic mass is 10.1. The third-order valence-electron chi connectivity index (χ3n) is 4.85. The van der Waals surface area contributed by atoms with Crippen LogP contribution in [-0.4, -0.2) is 48.3 Å². The van der Waals surface area contributed by atoms with Crippen molar-refractivity contribution in [3.05, 3.63) is 36.2 Å². The van der Waals surface area contributed by atoms with Crippen molar-refractivity contribution in [2.24, 2.45) is 0 Å². The summed E-state index contributed by atoms with van der Waals surface area (Å²) in [5.74, 6) is 2.47. The van der Waals surface area contributed by atoms with Crippen LogP contribution in [0.5, 0.6) is 17.4 Å². The molecule has 1 aromatic carbocycles. The van der Waals surface area contributed by atoms with E-state index in [9.17, 15) is 4.79 Å². The van der Waals surface area contributed by atoms with Crippen molar-refractivity contribution in [3.63, 3.8) is 0 Å². The lowest BCUT2D eigenvalue weighted by Crippen LogP contribution is -2.26. The van der Waals surface area contributed by atoms with Gasteiger partial charge < -0.3 is 24.4 Å². The number of benzene rings is 1. The lowest BCUT2D eigenvalue weighted by Gasteiger charge is -2.21. The van der Waals surface area contributed by atoms with Crippen LogP contribution in [0.15, 0.2) is 30.6 Å². The number of methoxy groups -OCH3 is 1. The SMILES string of the molecule is COc1c(OC(C)C)ncnc1N1CC[C@@H](Oc2ccc([C@H](C)NC(C)=O)cc2)C1. The Morgan fingerprint density at radius 2 is 1.93 bits per heavy atom. The summed E-state index contributed by atoms with van der Waals surface area (Å²) >= 11 is 0. The minimum Gasteiger partial charge on any atom is -0.489 e. The summed E-state index contributed by atoms with van der Waals surface area (Å²) in [5.41, 5.74) is 1.04. The number of ether oxygens (including phenoxy) is 3. The third kappa shape index (κ3) is 5.31. The van der Waals surface area contributed by atoms with Gasteiger partial charge in [0, 0.05) is 19.9 Å². The lowest BCUT2D eigenvalue weighted by molar-refractivity contribution is -0.119. The van der Waals surface area contributed by atoms with Gasteiger partial charge in [0.15, 0.2) is 5.82 Å². The number of hydrogen-bond donors (Lipinski definition) is 1. The highest BCUT2D eigenvalue weighted by Gasteiger charge is 2.29. The normalized spacial score (nSPS) is 17.0. The number of anilines is 1. The molecule has 1 aliphatic rings. The molecule has 1 aromatic heterocycles. The van der Waals surface area contributed by atoms with E-state index in [4.69, 9.17) is 14.2 Å². The number of nitrogens with one attached hydrogen (secondary N) is 1. The van der Waals surface area contributed by atoms with Gasteiger partial charge in [-0.05, 0) is 38.5 Å². The van der Waals surface area contributed by atoms with Gasteiger partial charge in [0.25, 0.3) is 5.88 Å². The van der Waals surface area contributed by atoms with Crippen molar-refractivity contribution in [1.29, 1.82) is 0 Å². The number of aromatic nitrogens is 2. The van der Waals surface area contributed by atoms with Crippen LogP contribution in [0.3, 0.4) is 0 Å². The molecule has 1 aliphatic heterocycles. The summed E-state index contributed by atoms with van der Waals surface area (Å²) in [7, 11) is 1.60. The van der Waals surface area contributed by atoms with Crippen molar-refractivity contribution < 1.29 is 19.0 Å². The average molecular weight is 415 g/mol. The van der Waals surface area contributed by atoms with Crippen LogP contribution in [0.4, 0.5) is 5.82 Å². The van der Waals surface area contributed by atoms with Gasteiger partial charge in [-0.2, -0.15) is 4.98 Å². The predicted octanol–water partition coefficient (Wildman–Crippen LogP) is 3.13. The summed E-state index contributed by atoms with van der Waals surface area (Å²) in [6.45, 7) is 8.87. The second-order valence-electron chi connectivity index (χ2n) is 7.67. The van der Waals surface area contributed by atoms with Crippen molar-refractivity contribution in [3.8, 4) is 17.4 Å². The van der Waals surface area contributed by atoms with Gasteiger partial charge >= 0.3 is 0 Å². The molecule has 0 saturated carbocycles. The second kappa shape index (κ2) is 9.65. The zero-order valence-corrected chi connectivity index (χ0v) is 18.2. The minimum atomic E-state index is -0.0454. The zero-order chi connectivity index (χ0) is 21.7. The number of nitrogens with zero attached hydrogens (tertiary/aromatic N) is 3. The molecule has 8 heteroatoms. The Kier molecular flexibility index (Phi) is 6.97. The van der Waals surface area contributed by atoms with Gasteiger partial charge in [0.05, 0.1) is 25.8 Å². The summed E-state index contributed by atoms with van der Waals surface area (Å²) in [6.07, 6.45) is 2.40. The van der Waals surface area contributed by atoms with Gasteiger partial charge in [-0.25, -0.2) is 4.98 Å². The van der Waals surface area contributed by atoms with Crippen molar-refractivity contribution in [2.75, 3.05) is 25.1 Å². The van der Waals surface area contributed by atoms with E-state index >= 15 is 0 Å². The molecule has 3 rings (SSSR count). The van der Waals surface area contributed by atoms with Crippen LogP contribution in [0, 0.1) is 0 Å². The van der Waals surface area contributed by atoms with E-state index in [1.54, 1.807) is 7.11 Å². The standard InChI is InChI=1S/C22H30N4O4/c1-14(2)29-22-20(28-5)21(23-13-24-22)26-11-10-19(12-26)30-18-8-6-17(7-9-18)15(3)25-16(4)27/h6-9,13-15,19H,10-12H2,1-5H3,(H,25,27)/t15-,19+/m0/s1. The number of rotatable bonds is 8. The highest BCUT2D eigenvalue weighted by atomic mass is 16.5. The molecule has 0 spiro atoms. The highest BCUT2D eigenvalue weighted by molar-refractivity contribution is 5.73. The fraction of sp³-hybridized carbons (Fsp3) is 0.500. The molecule has 0 radical (unpaired) electrons. The third-order valence-corrected chi connectivity index (χ3v) is 4.85. The molecule has 1 amide bonds. The number of amides is 1. The van der Waals surface area contributed by atoms with Crippen LogP contribution >= 0.6 is 0 Å². The number of hydrogen-bond acceptors (Lipinski definition) is 7. The van der Waals surface area contributed by atoms with E-state index in [0.29, 0.717) is 24.0 Å². The van der Waals surface area contributed by atoms with Crippen LogP contribution in [0.2, 0.25) is 0 Å². The Hall–Kier alpha value is -3.03. The minimum absolute atomic E-state index is 0.00681. The number of carbonyl (C=O) groups is 1. The monoisotopic (exact) mass is 414 g/mol. The molecular formula is C22H30N4O4. The molecule has 0 unspecified atom stereocenters. The molecule has 0 bridgehead atoms. The van der Waals surface area contributed by atoms with Gasteiger partial charge in [-0.15, -0.1) is 0 Å². The summed E-state index contributed by atoms with van der Waals surface area (Å²) in [6, 6.07) is 7.80. The van der Waals surface area contributed by atoms with Gasteiger partial charge in [0.1, 0.15) is 18.2 Å². The maximum atomic E-state index is 11.2. The van der Waals surface area contributed by atoms with Crippen molar-refractivity contribution in [1.82, 2.24) is 15.3 Å². The first-order valence-electron chi connectivity index (χ1n) is 10.2. The summed E-state index contributed by atoms with van der Waals surface area (Å²) < 4.78 is 17.5. The Morgan fingerprint density at radius 1 is 1.20 bits per heavy atom. The van der Waals surface area contributed by atoms with E-state index in [1.165, 1.54) is 13.3 Å². The first kappa shape index (κ1) is 21.7. The maximum Gasteiger partial charge on any atom is 0.262 e. The first-order valence-corrected chi connectivity index (χ1v) is 10.2. The molecule has 30 heavy (non-hydrogen) atoms. The smallest absolute Gasteiger partial charge is 0.262 e. The molecule has 2 heterocycles. The topological polar surface area (TPSA) is 85.8 Å². The molecule has 0 aliphatic carbocycles. The molecule has 2 aromatic rings. The summed E-state index contributed by atoms with van der Waals surface area (Å²) in [5, 5.41) is 2.88. The quantitative estimate of drug-likeness (QED) is 0.710. The van der Waals surface area contributed by atoms with Crippen LogP contribution < -0.4 is 24.4 Å². The van der Waals surface area contributed by atoms with E-state index in [1.807, 2.05) is 45.0 Å². The average Bonchev–Trinajstić information content (AvgIpc) is 3.15. The first-order chi connectivity index (χ1) is 14.4. The van der Waals surface area contributed by atoms with Crippen LogP contribution in [0.1, 0.15) is 45.7 Å².